The fourth-order valence-corrected chi connectivity index (χ4v) is 4.34. The first-order chi connectivity index (χ1) is 18.3. The molecule has 1 unspecified atom stereocenters. The molecule has 0 aliphatic rings. The van der Waals surface area contributed by atoms with Crippen LogP contribution in [-0.2, 0) is 16.1 Å². The Balaban J connectivity index is 1.46. The van der Waals surface area contributed by atoms with E-state index >= 15 is 0 Å². The Hall–Kier alpha value is -4.70. The Kier molecular flexibility index (Phi) is 8.34. The number of nitrogens with one attached hydrogen (secondary N) is 2. The number of likely N-dealkylation sites (N-methyl/N-ethyl adjacent to an activating group) is 1. The first kappa shape index (κ1) is 26.4. The van der Waals surface area contributed by atoms with E-state index in [4.69, 9.17) is 10.5 Å². The van der Waals surface area contributed by atoms with Gasteiger partial charge in [0.1, 0.15) is 12.6 Å². The highest BCUT2D eigenvalue weighted by Gasteiger charge is 2.25. The van der Waals surface area contributed by atoms with Crippen LogP contribution in [0.15, 0.2) is 84.5 Å². The zero-order chi connectivity index (χ0) is 27.1. The number of amides is 3. The van der Waals surface area contributed by atoms with E-state index in [-0.39, 0.29) is 18.4 Å². The van der Waals surface area contributed by atoms with E-state index in [9.17, 15) is 14.4 Å². The van der Waals surface area contributed by atoms with Crippen molar-refractivity contribution in [2.75, 3.05) is 25.1 Å². The number of aromatic nitrogens is 1. The normalized spacial score (nSPS) is 11.3. The number of thiophene rings is 1. The van der Waals surface area contributed by atoms with Gasteiger partial charge in [-0.2, -0.15) is 0 Å². The monoisotopic (exact) mass is 529 g/mol. The quantitative estimate of drug-likeness (QED) is 0.284. The number of alkyl carbamates (subject to hydrolysis) is 1. The van der Waals surface area contributed by atoms with Gasteiger partial charge in [0, 0.05) is 42.5 Å². The van der Waals surface area contributed by atoms with Crippen LogP contribution in [-0.4, -0.2) is 41.9 Å². The summed E-state index contributed by atoms with van der Waals surface area (Å²) in [4.78, 5) is 44.6. The first-order valence-electron chi connectivity index (χ1n) is 11.7. The second kappa shape index (κ2) is 12.0. The van der Waals surface area contributed by atoms with Gasteiger partial charge in [-0.15, -0.1) is 11.3 Å². The fourth-order valence-electron chi connectivity index (χ4n) is 3.62. The minimum atomic E-state index is -0.998. The van der Waals surface area contributed by atoms with E-state index in [0.717, 1.165) is 16.0 Å². The highest BCUT2D eigenvalue weighted by atomic mass is 32.1. The van der Waals surface area contributed by atoms with E-state index in [1.54, 1.807) is 80.3 Å². The van der Waals surface area contributed by atoms with E-state index in [0.29, 0.717) is 22.5 Å². The second-order valence-electron chi connectivity index (χ2n) is 8.60. The van der Waals surface area contributed by atoms with Crippen LogP contribution >= 0.6 is 11.3 Å². The summed E-state index contributed by atoms with van der Waals surface area (Å²) in [5, 5.41) is 7.45. The van der Waals surface area contributed by atoms with E-state index in [1.165, 1.54) is 4.90 Å². The van der Waals surface area contributed by atoms with Crippen LogP contribution in [0.2, 0.25) is 0 Å². The lowest BCUT2D eigenvalue weighted by molar-refractivity contribution is -0.131. The van der Waals surface area contributed by atoms with Crippen molar-refractivity contribution < 1.29 is 19.1 Å². The van der Waals surface area contributed by atoms with Crippen molar-refractivity contribution in [1.29, 1.82) is 0 Å². The summed E-state index contributed by atoms with van der Waals surface area (Å²) in [5.41, 5.74) is 9.57. The third kappa shape index (κ3) is 6.54. The van der Waals surface area contributed by atoms with Crippen LogP contribution in [0.3, 0.4) is 0 Å². The number of nitrogen functional groups attached to an aromatic ring is 1. The Morgan fingerprint density at radius 1 is 1.05 bits per heavy atom. The molecule has 10 heteroatoms. The summed E-state index contributed by atoms with van der Waals surface area (Å²) in [5.74, 6) is -0.704. The van der Waals surface area contributed by atoms with Gasteiger partial charge in [-0.05, 0) is 52.9 Å². The minimum absolute atomic E-state index is 0.0124. The Bertz CT molecular complexity index is 1410. The number of carbonyl (C=O) groups is 3. The SMILES string of the molecule is CN(C)C(=O)C(NC(=O)OCc1cccnc1)c1ccc(C(=O)Nc2cc(-c3cccs3)ccc2N)cc1. The molecule has 38 heavy (non-hydrogen) atoms. The van der Waals surface area contributed by atoms with Gasteiger partial charge in [-0.25, -0.2) is 4.79 Å². The lowest BCUT2D eigenvalue weighted by atomic mass is 10.0. The average molecular weight is 530 g/mol. The van der Waals surface area contributed by atoms with E-state index in [2.05, 4.69) is 15.6 Å². The summed E-state index contributed by atoms with van der Waals surface area (Å²) < 4.78 is 5.25. The third-order valence-corrected chi connectivity index (χ3v) is 6.57. The topological polar surface area (TPSA) is 127 Å². The predicted molar refractivity (Wildman–Crippen MR) is 148 cm³/mol. The van der Waals surface area contributed by atoms with Crippen LogP contribution in [0.4, 0.5) is 16.2 Å². The number of hydrogen-bond donors (Lipinski definition) is 3. The van der Waals surface area contributed by atoms with Gasteiger partial charge < -0.3 is 26.0 Å². The number of pyridine rings is 1. The van der Waals surface area contributed by atoms with Crippen molar-refractivity contribution in [3.05, 3.63) is 101 Å². The van der Waals surface area contributed by atoms with Crippen LogP contribution in [0.5, 0.6) is 0 Å². The fraction of sp³-hybridized carbons (Fsp3) is 0.143. The predicted octanol–water partition coefficient (Wildman–Crippen LogP) is 4.70. The van der Waals surface area contributed by atoms with Gasteiger partial charge in [0.2, 0.25) is 5.91 Å². The number of rotatable bonds is 8. The first-order valence-corrected chi connectivity index (χ1v) is 12.6. The molecule has 1 atom stereocenters. The molecule has 9 nitrogen and oxygen atoms in total. The molecule has 0 radical (unpaired) electrons. The number of ether oxygens (including phenoxy) is 1. The average Bonchev–Trinajstić information content (AvgIpc) is 3.47. The van der Waals surface area contributed by atoms with Crippen molar-refractivity contribution in [3.8, 4) is 10.4 Å². The van der Waals surface area contributed by atoms with Crippen molar-refractivity contribution in [2.24, 2.45) is 0 Å². The van der Waals surface area contributed by atoms with Crippen molar-refractivity contribution in [1.82, 2.24) is 15.2 Å². The van der Waals surface area contributed by atoms with Crippen molar-refractivity contribution in [3.63, 3.8) is 0 Å². The summed E-state index contributed by atoms with van der Waals surface area (Å²) in [6, 6.07) is 18.4. The van der Waals surface area contributed by atoms with E-state index < -0.39 is 12.1 Å². The number of nitrogens with two attached hydrogens (primary N) is 1. The third-order valence-electron chi connectivity index (χ3n) is 5.66. The molecule has 4 N–H and O–H groups in total. The molecule has 2 aromatic carbocycles. The molecule has 0 fully saturated rings. The molecule has 0 spiro atoms. The van der Waals surface area contributed by atoms with Crippen LogP contribution < -0.4 is 16.4 Å². The molecule has 3 amide bonds. The molecule has 4 aromatic rings. The van der Waals surface area contributed by atoms with Crippen molar-refractivity contribution >= 4 is 40.6 Å². The van der Waals surface area contributed by atoms with Crippen molar-refractivity contribution in [2.45, 2.75) is 12.6 Å². The van der Waals surface area contributed by atoms with Gasteiger partial charge in [-0.3, -0.25) is 14.6 Å². The number of nitrogens with zero attached hydrogens (tertiary/aromatic N) is 2. The Morgan fingerprint density at radius 3 is 2.50 bits per heavy atom. The zero-order valence-corrected chi connectivity index (χ0v) is 21.7. The molecule has 4 rings (SSSR count). The summed E-state index contributed by atoms with van der Waals surface area (Å²) in [6.07, 6.45) is 2.46. The van der Waals surface area contributed by atoms with Gasteiger partial charge >= 0.3 is 6.09 Å². The molecule has 2 aromatic heterocycles. The summed E-state index contributed by atoms with van der Waals surface area (Å²) >= 11 is 1.59. The molecule has 0 saturated carbocycles. The largest absolute Gasteiger partial charge is 0.445 e. The van der Waals surface area contributed by atoms with Crippen LogP contribution in [0, 0.1) is 0 Å². The maximum Gasteiger partial charge on any atom is 0.408 e. The van der Waals surface area contributed by atoms with Gasteiger partial charge in [0.25, 0.3) is 5.91 Å². The zero-order valence-electron chi connectivity index (χ0n) is 20.9. The standard InChI is InChI=1S/C28H27N5O4S/c1-33(2)27(35)25(32-28(36)37-17-18-5-3-13-30-16-18)19-7-9-20(10-8-19)26(34)31-23-15-21(11-12-22(23)29)24-6-4-14-38-24/h3-16,25H,17,29H2,1-2H3,(H,31,34)(H,32,36). The van der Waals surface area contributed by atoms with E-state index in [1.807, 2.05) is 29.6 Å². The van der Waals surface area contributed by atoms with Crippen LogP contribution in [0.1, 0.15) is 27.5 Å². The molecule has 0 saturated heterocycles. The second-order valence-corrected chi connectivity index (χ2v) is 9.55. The lowest BCUT2D eigenvalue weighted by Crippen LogP contribution is -2.40. The number of benzene rings is 2. The molecule has 0 bridgehead atoms. The number of carbonyl (C=O) groups excluding carboxylic acids is 3. The maximum absolute atomic E-state index is 13.0. The number of hydrogen-bond acceptors (Lipinski definition) is 7. The lowest BCUT2D eigenvalue weighted by Gasteiger charge is -2.22. The maximum atomic E-state index is 13.0. The Morgan fingerprint density at radius 2 is 1.84 bits per heavy atom. The Labute approximate surface area is 224 Å². The van der Waals surface area contributed by atoms with Gasteiger partial charge in [0.15, 0.2) is 0 Å². The smallest absolute Gasteiger partial charge is 0.408 e. The molecule has 0 aliphatic heterocycles. The molecular weight excluding hydrogens is 502 g/mol. The highest BCUT2D eigenvalue weighted by Crippen LogP contribution is 2.30. The molecule has 0 aliphatic carbocycles. The molecular formula is C28H27N5O4S. The minimum Gasteiger partial charge on any atom is -0.445 e. The van der Waals surface area contributed by atoms with Crippen LogP contribution in [0.25, 0.3) is 10.4 Å². The molecule has 194 valence electrons. The summed E-state index contributed by atoms with van der Waals surface area (Å²) in [7, 11) is 3.18. The number of anilines is 2. The van der Waals surface area contributed by atoms with Gasteiger partial charge in [0.05, 0.1) is 11.4 Å². The summed E-state index contributed by atoms with van der Waals surface area (Å²) in [6.45, 7) is 0.0124. The highest BCUT2D eigenvalue weighted by molar-refractivity contribution is 7.13. The van der Waals surface area contributed by atoms with Gasteiger partial charge in [-0.1, -0.05) is 30.3 Å². The molecule has 2 heterocycles.